The van der Waals surface area contributed by atoms with E-state index in [-0.39, 0.29) is 0 Å². The van der Waals surface area contributed by atoms with E-state index in [0.29, 0.717) is 6.04 Å². The topological polar surface area (TPSA) is 63.8 Å². The van der Waals surface area contributed by atoms with Crippen LogP contribution in [-0.4, -0.2) is 58.3 Å². The molecule has 0 amide bonds. The molecule has 0 bridgehead atoms. The van der Waals surface area contributed by atoms with Crippen LogP contribution in [0, 0.1) is 0 Å². The average molecular weight is 360 g/mol. The molecule has 1 fully saturated rings. The Balaban J connectivity index is 1.48. The van der Waals surface area contributed by atoms with Crippen molar-refractivity contribution >= 4 is 27.6 Å². The predicted octanol–water partition coefficient (Wildman–Crippen LogP) is 3.64. The Bertz CT molecular complexity index is 1090. The highest BCUT2D eigenvalue weighted by atomic mass is 15.2. The van der Waals surface area contributed by atoms with Gasteiger partial charge in [-0.3, -0.25) is 5.10 Å². The molecule has 0 unspecified atom stereocenters. The van der Waals surface area contributed by atoms with Crippen LogP contribution in [0.15, 0.2) is 42.5 Å². The lowest BCUT2D eigenvalue weighted by atomic mass is 10.0. The van der Waals surface area contributed by atoms with Gasteiger partial charge in [0, 0.05) is 24.2 Å². The van der Waals surface area contributed by atoms with Crippen LogP contribution in [0.5, 0.6) is 0 Å². The third kappa shape index (κ3) is 2.86. The Labute approximate surface area is 158 Å². The average Bonchev–Trinajstić information content (AvgIpc) is 3.31. The van der Waals surface area contributed by atoms with Crippen molar-refractivity contribution in [2.45, 2.75) is 18.9 Å². The number of aromatic amines is 2. The van der Waals surface area contributed by atoms with Gasteiger partial charge in [0.15, 0.2) is 5.82 Å². The van der Waals surface area contributed by atoms with Crippen LogP contribution in [0.25, 0.3) is 33.5 Å². The van der Waals surface area contributed by atoms with Crippen LogP contribution in [0.4, 0.5) is 5.69 Å². The molecular weight excluding hydrogens is 336 g/mol. The zero-order valence-electron chi connectivity index (χ0n) is 15.7. The summed E-state index contributed by atoms with van der Waals surface area (Å²) in [6.45, 7) is 2.33. The molecule has 27 heavy (non-hydrogen) atoms. The molecule has 2 N–H and O–H groups in total. The van der Waals surface area contributed by atoms with E-state index >= 15 is 0 Å². The van der Waals surface area contributed by atoms with Gasteiger partial charge in [-0.25, -0.2) is 4.98 Å². The lowest BCUT2D eigenvalue weighted by molar-refractivity contribution is 0.253. The first kappa shape index (κ1) is 16.3. The summed E-state index contributed by atoms with van der Waals surface area (Å²) in [5.41, 5.74) is 5.15. The lowest BCUT2D eigenvalue weighted by Gasteiger charge is -2.36. The normalized spacial score (nSPS) is 16.4. The first-order valence-electron chi connectivity index (χ1n) is 9.53. The zero-order valence-corrected chi connectivity index (χ0v) is 15.7. The molecule has 4 aromatic rings. The summed E-state index contributed by atoms with van der Waals surface area (Å²) in [7, 11) is 4.41. The van der Waals surface area contributed by atoms with Gasteiger partial charge in [0.05, 0.1) is 16.6 Å². The standard InChI is InChI=1S/C21H24N6/c1-26-11-9-14(10-12-26)27(2)15-7-8-18-19(13-15)23-21(22-18)20-16-5-3-4-6-17(16)24-25-20/h3-8,13-14H,9-12H2,1-2H3,(H,22,23)(H,24,25). The van der Waals surface area contributed by atoms with Crippen LogP contribution in [-0.2, 0) is 0 Å². The Morgan fingerprint density at radius 1 is 1.07 bits per heavy atom. The Morgan fingerprint density at radius 2 is 1.89 bits per heavy atom. The number of benzene rings is 2. The Kier molecular flexibility index (Phi) is 3.86. The van der Waals surface area contributed by atoms with Crippen LogP contribution in [0.1, 0.15) is 12.8 Å². The first-order chi connectivity index (χ1) is 13.2. The van der Waals surface area contributed by atoms with Crippen LogP contribution < -0.4 is 4.90 Å². The number of H-pyrrole nitrogens is 2. The number of nitrogens with zero attached hydrogens (tertiary/aromatic N) is 4. The van der Waals surface area contributed by atoms with Gasteiger partial charge in [-0.2, -0.15) is 5.10 Å². The maximum absolute atomic E-state index is 4.76. The second-order valence-electron chi connectivity index (χ2n) is 7.55. The fourth-order valence-electron chi connectivity index (χ4n) is 4.07. The summed E-state index contributed by atoms with van der Waals surface area (Å²) in [4.78, 5) is 13.1. The molecule has 1 aliphatic rings. The van der Waals surface area contributed by atoms with E-state index in [4.69, 9.17) is 4.98 Å². The minimum Gasteiger partial charge on any atom is -0.371 e. The number of hydrogen-bond donors (Lipinski definition) is 2. The van der Waals surface area contributed by atoms with Crippen molar-refractivity contribution in [3.63, 3.8) is 0 Å². The number of likely N-dealkylation sites (tertiary alicyclic amines) is 1. The van der Waals surface area contributed by atoms with Crippen LogP contribution in [0.2, 0.25) is 0 Å². The number of piperidine rings is 1. The van der Waals surface area contributed by atoms with Gasteiger partial charge >= 0.3 is 0 Å². The zero-order chi connectivity index (χ0) is 18.4. The lowest BCUT2D eigenvalue weighted by Crippen LogP contribution is -2.41. The summed E-state index contributed by atoms with van der Waals surface area (Å²) in [6, 6.07) is 15.2. The molecule has 0 aliphatic carbocycles. The number of imidazole rings is 1. The van der Waals surface area contributed by atoms with E-state index in [1.165, 1.54) is 18.5 Å². The predicted molar refractivity (Wildman–Crippen MR) is 110 cm³/mol. The Hall–Kier alpha value is -2.86. The van der Waals surface area contributed by atoms with Gasteiger partial charge in [0.2, 0.25) is 0 Å². The number of fused-ring (bicyclic) bond motifs is 2. The third-order valence-corrected chi connectivity index (χ3v) is 5.80. The molecule has 1 aliphatic heterocycles. The number of hydrogen-bond acceptors (Lipinski definition) is 4. The summed E-state index contributed by atoms with van der Waals surface area (Å²) in [5, 5.41) is 8.63. The number of aromatic nitrogens is 4. The first-order valence-corrected chi connectivity index (χ1v) is 9.53. The van der Waals surface area contributed by atoms with Crippen molar-refractivity contribution in [2.24, 2.45) is 0 Å². The largest absolute Gasteiger partial charge is 0.371 e. The fraction of sp³-hybridized carbons (Fsp3) is 0.333. The van der Waals surface area contributed by atoms with Crippen molar-refractivity contribution in [1.29, 1.82) is 0 Å². The number of nitrogens with one attached hydrogen (secondary N) is 2. The van der Waals surface area contributed by atoms with Crippen molar-refractivity contribution in [1.82, 2.24) is 25.1 Å². The maximum Gasteiger partial charge on any atom is 0.159 e. The molecule has 0 spiro atoms. The van der Waals surface area contributed by atoms with Crippen molar-refractivity contribution < 1.29 is 0 Å². The van der Waals surface area contributed by atoms with Gasteiger partial charge in [-0.15, -0.1) is 0 Å². The van der Waals surface area contributed by atoms with Crippen LogP contribution in [0.3, 0.4) is 0 Å². The molecule has 0 saturated carbocycles. The Morgan fingerprint density at radius 3 is 2.74 bits per heavy atom. The molecule has 138 valence electrons. The summed E-state index contributed by atoms with van der Waals surface area (Å²) in [6.07, 6.45) is 2.41. The molecule has 2 aromatic carbocycles. The summed E-state index contributed by atoms with van der Waals surface area (Å²) >= 11 is 0. The van der Waals surface area contributed by atoms with E-state index in [1.807, 2.05) is 18.2 Å². The highest BCUT2D eigenvalue weighted by molar-refractivity contribution is 5.93. The molecule has 6 nitrogen and oxygen atoms in total. The molecule has 0 radical (unpaired) electrons. The van der Waals surface area contributed by atoms with E-state index in [9.17, 15) is 0 Å². The van der Waals surface area contributed by atoms with E-state index < -0.39 is 0 Å². The molecule has 6 heteroatoms. The fourth-order valence-corrected chi connectivity index (χ4v) is 4.07. The van der Waals surface area contributed by atoms with Crippen molar-refractivity contribution in [3.8, 4) is 11.5 Å². The highest BCUT2D eigenvalue weighted by Crippen LogP contribution is 2.29. The quantitative estimate of drug-likeness (QED) is 0.585. The minimum atomic E-state index is 0.594. The number of para-hydroxylation sites is 1. The van der Waals surface area contributed by atoms with Gasteiger partial charge in [0.25, 0.3) is 0 Å². The molecule has 2 aromatic heterocycles. The van der Waals surface area contributed by atoms with Gasteiger partial charge < -0.3 is 14.8 Å². The molecule has 5 rings (SSSR count). The molecule has 0 atom stereocenters. The monoisotopic (exact) mass is 360 g/mol. The molecule has 3 heterocycles. The van der Waals surface area contributed by atoms with Crippen molar-refractivity contribution in [2.75, 3.05) is 32.1 Å². The van der Waals surface area contributed by atoms with E-state index in [1.54, 1.807) is 0 Å². The third-order valence-electron chi connectivity index (χ3n) is 5.80. The maximum atomic E-state index is 4.76. The smallest absolute Gasteiger partial charge is 0.159 e. The second-order valence-corrected chi connectivity index (χ2v) is 7.55. The molecule has 1 saturated heterocycles. The van der Waals surface area contributed by atoms with Crippen LogP contribution >= 0.6 is 0 Å². The highest BCUT2D eigenvalue weighted by Gasteiger charge is 2.21. The van der Waals surface area contributed by atoms with Gasteiger partial charge in [0.1, 0.15) is 5.69 Å². The van der Waals surface area contributed by atoms with Gasteiger partial charge in [-0.1, -0.05) is 18.2 Å². The minimum absolute atomic E-state index is 0.594. The summed E-state index contributed by atoms with van der Waals surface area (Å²) in [5.74, 6) is 0.807. The summed E-state index contributed by atoms with van der Waals surface area (Å²) < 4.78 is 0. The van der Waals surface area contributed by atoms with E-state index in [0.717, 1.165) is 46.5 Å². The number of rotatable bonds is 3. The van der Waals surface area contributed by atoms with Gasteiger partial charge in [-0.05, 0) is 57.2 Å². The second kappa shape index (κ2) is 6.39. The van der Waals surface area contributed by atoms with Crippen molar-refractivity contribution in [3.05, 3.63) is 42.5 Å². The molecular formula is C21H24N6. The number of anilines is 1. The SMILES string of the molecule is CN1CCC(N(C)c2ccc3nc(-c4n[nH]c5ccccc45)[nH]c3c2)CC1. The van der Waals surface area contributed by atoms with E-state index in [2.05, 4.69) is 63.3 Å².